The van der Waals surface area contributed by atoms with Gasteiger partial charge in [0.2, 0.25) is 0 Å². The Morgan fingerprint density at radius 1 is 0.964 bits per heavy atom. The Bertz CT molecular complexity index is 744. The molecule has 1 atom stereocenters. The fraction of sp³-hybridized carbons (Fsp3) is 0.364. The van der Waals surface area contributed by atoms with Crippen molar-refractivity contribution in [2.24, 2.45) is 0 Å². The number of carbonyl (C=O) groups is 2. The predicted molar refractivity (Wildman–Crippen MR) is 112 cm³/mol. The van der Waals surface area contributed by atoms with Crippen LogP contribution in [0, 0.1) is 0 Å². The van der Waals surface area contributed by atoms with E-state index in [4.69, 9.17) is 9.47 Å². The van der Waals surface area contributed by atoms with Crippen molar-refractivity contribution in [3.63, 3.8) is 0 Å². The Morgan fingerprint density at radius 3 is 2.11 bits per heavy atom. The van der Waals surface area contributed by atoms with Gasteiger partial charge < -0.3 is 14.8 Å². The van der Waals surface area contributed by atoms with Gasteiger partial charge in [0, 0.05) is 11.5 Å². The molecule has 0 unspecified atom stereocenters. The first-order valence-corrected chi connectivity index (χ1v) is 10.3. The summed E-state index contributed by atoms with van der Waals surface area (Å²) in [6.07, 6.45) is -0.630. The van der Waals surface area contributed by atoms with E-state index >= 15 is 0 Å². The van der Waals surface area contributed by atoms with Crippen molar-refractivity contribution in [3.8, 4) is 0 Å². The van der Waals surface area contributed by atoms with Gasteiger partial charge in [-0.2, -0.15) is 11.8 Å². The van der Waals surface area contributed by atoms with Crippen LogP contribution in [-0.2, 0) is 26.6 Å². The lowest BCUT2D eigenvalue weighted by Crippen LogP contribution is -2.45. The van der Waals surface area contributed by atoms with E-state index < -0.39 is 23.7 Å². The zero-order chi connectivity index (χ0) is 20.4. The molecular formula is C22H27NO4S. The van der Waals surface area contributed by atoms with Crippen molar-refractivity contribution >= 4 is 23.8 Å². The highest BCUT2D eigenvalue weighted by Gasteiger charge is 2.25. The lowest BCUT2D eigenvalue weighted by molar-refractivity contribution is -0.146. The van der Waals surface area contributed by atoms with Crippen LogP contribution in [0.5, 0.6) is 0 Å². The van der Waals surface area contributed by atoms with Gasteiger partial charge in [0.05, 0.1) is 0 Å². The summed E-state index contributed by atoms with van der Waals surface area (Å²) >= 11 is 1.55. The molecule has 0 heterocycles. The van der Waals surface area contributed by atoms with E-state index in [1.165, 1.54) is 0 Å². The topological polar surface area (TPSA) is 64.6 Å². The van der Waals surface area contributed by atoms with E-state index in [0.29, 0.717) is 5.75 Å². The first-order chi connectivity index (χ1) is 13.3. The molecule has 1 amide bonds. The number of thioether (sulfide) groups is 1. The minimum Gasteiger partial charge on any atom is -0.459 e. The third kappa shape index (κ3) is 8.48. The molecule has 6 heteroatoms. The van der Waals surface area contributed by atoms with Crippen molar-refractivity contribution in [1.29, 1.82) is 0 Å². The summed E-state index contributed by atoms with van der Waals surface area (Å²) in [4.78, 5) is 24.7. The molecule has 0 bridgehead atoms. The van der Waals surface area contributed by atoms with Crippen molar-refractivity contribution in [1.82, 2.24) is 5.32 Å². The molecule has 0 saturated carbocycles. The first-order valence-electron chi connectivity index (χ1n) is 9.15. The van der Waals surface area contributed by atoms with Gasteiger partial charge in [0.1, 0.15) is 18.2 Å². The molecule has 150 valence electrons. The van der Waals surface area contributed by atoms with Crippen LogP contribution in [0.1, 0.15) is 31.9 Å². The second kappa shape index (κ2) is 10.8. The second-order valence-corrected chi connectivity index (χ2v) is 8.32. The fourth-order valence-corrected chi connectivity index (χ4v) is 3.32. The molecule has 1 N–H and O–H groups in total. The van der Waals surface area contributed by atoms with Gasteiger partial charge >= 0.3 is 12.1 Å². The summed E-state index contributed by atoms with van der Waals surface area (Å²) in [6, 6.07) is 18.6. The summed E-state index contributed by atoms with van der Waals surface area (Å²) in [7, 11) is 0. The van der Waals surface area contributed by atoms with E-state index in [-0.39, 0.29) is 6.61 Å². The fourth-order valence-electron chi connectivity index (χ4n) is 2.32. The third-order valence-corrected chi connectivity index (χ3v) is 4.70. The first kappa shape index (κ1) is 21.8. The number of ether oxygens (including phenoxy) is 2. The quantitative estimate of drug-likeness (QED) is 0.657. The Hall–Kier alpha value is -2.47. The molecular weight excluding hydrogens is 374 g/mol. The Balaban J connectivity index is 1.93. The summed E-state index contributed by atoms with van der Waals surface area (Å²) in [5.74, 6) is 0.649. The average Bonchev–Trinajstić information content (AvgIpc) is 2.65. The van der Waals surface area contributed by atoms with E-state index in [2.05, 4.69) is 5.32 Å². The van der Waals surface area contributed by atoms with E-state index in [1.807, 2.05) is 60.7 Å². The molecule has 2 rings (SSSR count). The van der Waals surface area contributed by atoms with Crippen LogP contribution in [0.2, 0.25) is 0 Å². The number of hydrogen-bond acceptors (Lipinski definition) is 5. The Kier molecular flexibility index (Phi) is 8.39. The van der Waals surface area contributed by atoms with Gasteiger partial charge in [-0.25, -0.2) is 9.59 Å². The highest BCUT2D eigenvalue weighted by molar-refractivity contribution is 7.98. The lowest BCUT2D eigenvalue weighted by Gasteiger charge is -2.23. The van der Waals surface area contributed by atoms with Crippen molar-refractivity contribution in [2.75, 3.05) is 5.75 Å². The number of nitrogens with one attached hydrogen (secondary N) is 1. The third-order valence-electron chi connectivity index (χ3n) is 3.60. The number of alkyl carbamates (subject to hydrolysis) is 1. The number of rotatable bonds is 8. The molecule has 0 aliphatic rings. The highest BCUT2D eigenvalue weighted by atomic mass is 32.2. The Labute approximate surface area is 170 Å². The maximum Gasteiger partial charge on any atom is 0.408 e. The predicted octanol–water partition coefficient (Wildman–Crippen LogP) is 4.56. The van der Waals surface area contributed by atoms with Crippen LogP contribution in [0.15, 0.2) is 60.7 Å². The number of hydrogen-bond donors (Lipinski definition) is 1. The van der Waals surface area contributed by atoms with Gasteiger partial charge in [-0.1, -0.05) is 60.7 Å². The molecule has 0 aromatic heterocycles. The van der Waals surface area contributed by atoms with Gasteiger partial charge in [0.25, 0.3) is 0 Å². The zero-order valence-electron chi connectivity index (χ0n) is 16.5. The smallest absolute Gasteiger partial charge is 0.408 e. The van der Waals surface area contributed by atoms with Crippen LogP contribution in [0.25, 0.3) is 0 Å². The van der Waals surface area contributed by atoms with Crippen LogP contribution < -0.4 is 5.32 Å². The summed E-state index contributed by atoms with van der Waals surface area (Å²) in [5.41, 5.74) is 1.41. The van der Waals surface area contributed by atoms with Gasteiger partial charge in [-0.05, 0) is 31.9 Å². The Morgan fingerprint density at radius 2 is 1.54 bits per heavy atom. The molecule has 0 radical (unpaired) electrons. The summed E-state index contributed by atoms with van der Waals surface area (Å²) in [5, 5.41) is 2.64. The molecule has 2 aromatic rings. The molecule has 0 fully saturated rings. The van der Waals surface area contributed by atoms with E-state index in [0.717, 1.165) is 16.9 Å². The highest BCUT2D eigenvalue weighted by Crippen LogP contribution is 2.15. The summed E-state index contributed by atoms with van der Waals surface area (Å²) in [6.45, 7) is 5.49. The van der Waals surface area contributed by atoms with Gasteiger partial charge in [0.15, 0.2) is 0 Å². The molecule has 0 saturated heterocycles. The second-order valence-electron chi connectivity index (χ2n) is 7.29. The average molecular weight is 402 g/mol. The number of benzene rings is 2. The van der Waals surface area contributed by atoms with Crippen LogP contribution in [0.4, 0.5) is 4.79 Å². The van der Waals surface area contributed by atoms with Crippen molar-refractivity contribution in [3.05, 3.63) is 71.8 Å². The van der Waals surface area contributed by atoms with Crippen LogP contribution in [0.3, 0.4) is 0 Å². The monoisotopic (exact) mass is 401 g/mol. The maximum atomic E-state index is 12.6. The minimum absolute atomic E-state index is 0.162. The van der Waals surface area contributed by atoms with Crippen molar-refractivity contribution in [2.45, 2.75) is 44.8 Å². The molecule has 0 aliphatic carbocycles. The molecule has 2 aromatic carbocycles. The van der Waals surface area contributed by atoms with E-state index in [1.54, 1.807) is 32.5 Å². The molecule has 5 nitrogen and oxygen atoms in total. The standard InChI is InChI=1S/C22H27NO4S/c1-22(2,3)27-21(25)23-19(16-28-15-18-12-8-5-9-13-18)20(24)26-14-17-10-6-4-7-11-17/h4-13,19H,14-16H2,1-3H3,(H,23,25)/t19-/m0/s1. The minimum atomic E-state index is -0.785. The van der Waals surface area contributed by atoms with Gasteiger partial charge in [-0.15, -0.1) is 0 Å². The normalized spacial score (nSPS) is 12.1. The van der Waals surface area contributed by atoms with E-state index in [9.17, 15) is 9.59 Å². The van der Waals surface area contributed by atoms with Gasteiger partial charge in [-0.3, -0.25) is 0 Å². The maximum absolute atomic E-state index is 12.6. The number of amides is 1. The summed E-state index contributed by atoms with van der Waals surface area (Å²) < 4.78 is 10.7. The van der Waals surface area contributed by atoms with Crippen LogP contribution >= 0.6 is 11.8 Å². The van der Waals surface area contributed by atoms with Crippen LogP contribution in [-0.4, -0.2) is 29.5 Å². The largest absolute Gasteiger partial charge is 0.459 e. The number of esters is 1. The lowest BCUT2D eigenvalue weighted by atomic mass is 10.2. The number of carbonyl (C=O) groups excluding carboxylic acids is 2. The molecule has 28 heavy (non-hydrogen) atoms. The van der Waals surface area contributed by atoms with Crippen molar-refractivity contribution < 1.29 is 19.1 Å². The SMILES string of the molecule is CC(C)(C)OC(=O)N[C@@H](CSCc1ccccc1)C(=O)OCc1ccccc1. The zero-order valence-corrected chi connectivity index (χ0v) is 17.3. The molecule has 0 aliphatic heterocycles. The molecule has 0 spiro atoms.